The molecule has 0 radical (unpaired) electrons. The number of aromatic nitrogens is 5. The van der Waals surface area contributed by atoms with Crippen LogP contribution in [0.25, 0.3) is 15.3 Å². The van der Waals surface area contributed by atoms with Crippen molar-refractivity contribution in [3.8, 4) is 10.4 Å². The molecule has 26 heavy (non-hydrogen) atoms. The van der Waals surface area contributed by atoms with Crippen LogP contribution in [0.4, 0.5) is 11.4 Å². The van der Waals surface area contributed by atoms with Crippen molar-refractivity contribution in [3.63, 3.8) is 0 Å². The summed E-state index contributed by atoms with van der Waals surface area (Å²) in [6.45, 7) is 1.85. The number of carbonyl (C=O) groups excluding carboxylic acids is 1. The number of rotatable bonds is 3. The summed E-state index contributed by atoms with van der Waals surface area (Å²) >= 11 is 1.50. The van der Waals surface area contributed by atoms with Gasteiger partial charge in [0, 0.05) is 32.1 Å². The lowest BCUT2D eigenvalue weighted by atomic mass is 10.2. The lowest BCUT2D eigenvalue weighted by Crippen LogP contribution is -2.27. The monoisotopic (exact) mass is 367 g/mol. The number of aryl methyl sites for hydroxylation is 2. The van der Waals surface area contributed by atoms with E-state index in [4.69, 9.17) is 5.73 Å². The van der Waals surface area contributed by atoms with Gasteiger partial charge < -0.3 is 10.6 Å². The predicted molar refractivity (Wildman–Crippen MR) is 101 cm³/mol. The second kappa shape index (κ2) is 5.95. The molecule has 132 valence electrons. The molecule has 0 atom stereocenters. The molecule has 1 amide bonds. The summed E-state index contributed by atoms with van der Waals surface area (Å²) in [7, 11) is 3.58. The summed E-state index contributed by atoms with van der Waals surface area (Å²) in [5.74, 6) is -0.157. The number of thiazole rings is 1. The van der Waals surface area contributed by atoms with E-state index in [2.05, 4.69) is 15.2 Å². The molecule has 9 heteroatoms. The Bertz CT molecular complexity index is 1120. The van der Waals surface area contributed by atoms with E-state index in [9.17, 15) is 4.79 Å². The minimum absolute atomic E-state index is 0.157. The number of pyridine rings is 1. The van der Waals surface area contributed by atoms with E-state index >= 15 is 0 Å². The van der Waals surface area contributed by atoms with Crippen LogP contribution < -0.4 is 10.6 Å². The first-order chi connectivity index (χ1) is 12.4. The highest BCUT2D eigenvalue weighted by Gasteiger charge is 2.22. The number of nitrogens with zero attached hydrogens (tertiary/aromatic N) is 6. The van der Waals surface area contributed by atoms with E-state index in [-0.39, 0.29) is 5.91 Å². The van der Waals surface area contributed by atoms with Crippen LogP contribution in [0.2, 0.25) is 0 Å². The molecule has 0 saturated heterocycles. The molecule has 0 fully saturated rings. The van der Waals surface area contributed by atoms with Gasteiger partial charge in [-0.1, -0.05) is 0 Å². The van der Waals surface area contributed by atoms with Gasteiger partial charge in [0.1, 0.15) is 4.83 Å². The number of nitrogens with two attached hydrogens (primary N) is 1. The van der Waals surface area contributed by atoms with E-state index < -0.39 is 0 Å². The van der Waals surface area contributed by atoms with Gasteiger partial charge in [-0.25, -0.2) is 4.52 Å². The SMILES string of the molecule is Cc1ncc(N)cc1N(C)C(=O)c1cnn2cc(-c3cnn(C)c3)sc12. The molecule has 0 aliphatic heterocycles. The lowest BCUT2D eigenvalue weighted by Gasteiger charge is -2.18. The Morgan fingerprint density at radius 3 is 2.77 bits per heavy atom. The van der Waals surface area contributed by atoms with Crippen LogP contribution in [-0.2, 0) is 7.05 Å². The van der Waals surface area contributed by atoms with Crippen LogP contribution >= 0.6 is 11.3 Å². The minimum atomic E-state index is -0.157. The first-order valence-corrected chi connectivity index (χ1v) is 8.72. The van der Waals surface area contributed by atoms with Crippen molar-refractivity contribution in [1.82, 2.24) is 24.4 Å². The molecular weight excluding hydrogens is 350 g/mol. The van der Waals surface area contributed by atoms with E-state index in [1.54, 1.807) is 45.8 Å². The van der Waals surface area contributed by atoms with E-state index in [1.165, 1.54) is 11.3 Å². The zero-order chi connectivity index (χ0) is 18.4. The summed E-state index contributed by atoms with van der Waals surface area (Å²) in [6.07, 6.45) is 8.80. The molecule has 0 aromatic carbocycles. The highest BCUT2D eigenvalue weighted by molar-refractivity contribution is 7.21. The molecule has 4 heterocycles. The molecule has 8 nitrogen and oxygen atoms in total. The molecule has 0 saturated carbocycles. The molecule has 4 rings (SSSR count). The molecule has 0 unspecified atom stereocenters. The van der Waals surface area contributed by atoms with Crippen molar-refractivity contribution in [2.45, 2.75) is 6.92 Å². The number of anilines is 2. The Labute approximate surface area is 153 Å². The van der Waals surface area contributed by atoms with Gasteiger partial charge in [-0.3, -0.25) is 14.5 Å². The lowest BCUT2D eigenvalue weighted by molar-refractivity contribution is 0.0994. The first-order valence-electron chi connectivity index (χ1n) is 7.90. The smallest absolute Gasteiger partial charge is 0.262 e. The number of nitrogen functional groups attached to an aromatic ring is 1. The van der Waals surface area contributed by atoms with Crippen molar-refractivity contribution in [1.29, 1.82) is 0 Å². The fraction of sp³-hybridized carbons (Fsp3) is 0.176. The first kappa shape index (κ1) is 16.3. The van der Waals surface area contributed by atoms with Crippen molar-refractivity contribution in [2.24, 2.45) is 7.05 Å². The van der Waals surface area contributed by atoms with Crippen molar-refractivity contribution in [2.75, 3.05) is 17.7 Å². The zero-order valence-electron chi connectivity index (χ0n) is 14.5. The third-order valence-corrected chi connectivity index (χ3v) is 5.32. The Balaban J connectivity index is 1.73. The van der Waals surface area contributed by atoms with Crippen LogP contribution in [0.1, 0.15) is 16.1 Å². The van der Waals surface area contributed by atoms with Gasteiger partial charge in [-0.2, -0.15) is 10.2 Å². The molecule has 0 aliphatic rings. The molecular formula is C17H17N7OS. The summed E-state index contributed by atoms with van der Waals surface area (Å²) in [4.78, 5) is 20.6. The molecule has 0 aliphatic carbocycles. The highest BCUT2D eigenvalue weighted by atomic mass is 32.1. The third kappa shape index (κ3) is 2.62. The molecule has 0 bridgehead atoms. The van der Waals surface area contributed by atoms with Gasteiger partial charge >= 0.3 is 0 Å². The van der Waals surface area contributed by atoms with E-state index in [1.807, 2.05) is 26.4 Å². The fourth-order valence-corrected chi connectivity index (χ4v) is 3.81. The maximum atomic E-state index is 13.0. The predicted octanol–water partition coefficient (Wildman–Crippen LogP) is 2.36. The van der Waals surface area contributed by atoms with Crippen LogP contribution in [-0.4, -0.2) is 37.3 Å². The Hall–Kier alpha value is -3.20. The maximum Gasteiger partial charge on any atom is 0.262 e. The maximum absolute atomic E-state index is 13.0. The Morgan fingerprint density at radius 2 is 2.04 bits per heavy atom. The van der Waals surface area contributed by atoms with Crippen LogP contribution in [0.15, 0.2) is 37.1 Å². The Kier molecular flexibility index (Phi) is 3.73. The summed E-state index contributed by atoms with van der Waals surface area (Å²) < 4.78 is 3.46. The largest absolute Gasteiger partial charge is 0.397 e. The number of hydrogen-bond acceptors (Lipinski definition) is 6. The van der Waals surface area contributed by atoms with Gasteiger partial charge in [-0.15, -0.1) is 11.3 Å². The summed E-state index contributed by atoms with van der Waals surface area (Å²) in [6, 6.07) is 1.75. The van der Waals surface area contributed by atoms with Crippen LogP contribution in [0.5, 0.6) is 0 Å². The number of hydrogen-bond donors (Lipinski definition) is 1. The van der Waals surface area contributed by atoms with Crippen LogP contribution in [0, 0.1) is 6.92 Å². The van der Waals surface area contributed by atoms with Crippen LogP contribution in [0.3, 0.4) is 0 Å². The van der Waals surface area contributed by atoms with Crippen molar-refractivity contribution < 1.29 is 4.79 Å². The van der Waals surface area contributed by atoms with Crippen molar-refractivity contribution >= 4 is 33.4 Å². The van der Waals surface area contributed by atoms with Gasteiger partial charge in [0.05, 0.1) is 46.1 Å². The second-order valence-electron chi connectivity index (χ2n) is 6.04. The average Bonchev–Trinajstić information content (AvgIpc) is 3.30. The van der Waals surface area contributed by atoms with Gasteiger partial charge in [0.25, 0.3) is 5.91 Å². The molecule has 0 spiro atoms. The highest BCUT2D eigenvalue weighted by Crippen LogP contribution is 2.31. The third-order valence-electron chi connectivity index (χ3n) is 4.16. The quantitative estimate of drug-likeness (QED) is 0.600. The minimum Gasteiger partial charge on any atom is -0.397 e. The Morgan fingerprint density at radius 1 is 1.23 bits per heavy atom. The van der Waals surface area contributed by atoms with E-state index in [0.29, 0.717) is 16.9 Å². The summed E-state index contributed by atoms with van der Waals surface area (Å²) in [5, 5.41) is 8.51. The van der Waals surface area contributed by atoms with Gasteiger partial charge in [-0.05, 0) is 13.0 Å². The van der Waals surface area contributed by atoms with Gasteiger partial charge in [0.15, 0.2) is 0 Å². The standard InChI is InChI=1S/C17H17N7OS/c1-10-14(4-12(18)6-19-10)23(3)16(25)13-7-21-24-9-15(26-17(13)24)11-5-20-22(2)8-11/h4-9H,18H2,1-3H3. The molecule has 2 N–H and O–H groups in total. The zero-order valence-corrected chi connectivity index (χ0v) is 15.4. The average molecular weight is 367 g/mol. The summed E-state index contributed by atoms with van der Waals surface area (Å²) in [5.41, 5.74) is 9.28. The fourth-order valence-electron chi connectivity index (χ4n) is 2.78. The second-order valence-corrected chi connectivity index (χ2v) is 7.07. The number of amides is 1. The topological polar surface area (TPSA) is 94.3 Å². The molecule has 4 aromatic rings. The normalized spacial score (nSPS) is 11.2. The molecule has 4 aromatic heterocycles. The number of carbonyl (C=O) groups is 1. The van der Waals surface area contributed by atoms with Crippen molar-refractivity contribution in [3.05, 3.63) is 48.3 Å². The van der Waals surface area contributed by atoms with E-state index in [0.717, 1.165) is 21.0 Å². The van der Waals surface area contributed by atoms with Gasteiger partial charge in [0.2, 0.25) is 0 Å². The number of fused-ring (bicyclic) bond motifs is 1.